The van der Waals surface area contributed by atoms with Gasteiger partial charge in [-0.2, -0.15) is 5.26 Å². The van der Waals surface area contributed by atoms with Crippen LogP contribution in [0.25, 0.3) is 4.96 Å². The van der Waals surface area contributed by atoms with Crippen LogP contribution < -0.4 is 0 Å². The molecule has 5 heteroatoms. The van der Waals surface area contributed by atoms with Gasteiger partial charge in [-0.15, -0.1) is 11.3 Å². The smallest absolute Gasteiger partial charge is 0.193 e. The van der Waals surface area contributed by atoms with E-state index in [9.17, 15) is 0 Å². The van der Waals surface area contributed by atoms with Crippen molar-refractivity contribution in [3.63, 3.8) is 0 Å². The van der Waals surface area contributed by atoms with Crippen molar-refractivity contribution >= 4 is 16.3 Å². The van der Waals surface area contributed by atoms with E-state index in [0.29, 0.717) is 6.54 Å². The molecular weight excluding hydrogens is 208 g/mol. The van der Waals surface area contributed by atoms with Gasteiger partial charge in [0.05, 0.1) is 18.3 Å². The lowest BCUT2D eigenvalue weighted by Crippen LogP contribution is -2.23. The van der Waals surface area contributed by atoms with Gasteiger partial charge in [0.1, 0.15) is 0 Å². The average Bonchev–Trinajstić information content (AvgIpc) is 2.77. The maximum absolute atomic E-state index is 8.63. The van der Waals surface area contributed by atoms with Gasteiger partial charge in [0.25, 0.3) is 0 Å². The molecular formula is C10H12N4S. The van der Waals surface area contributed by atoms with Crippen LogP contribution in [0.5, 0.6) is 0 Å². The van der Waals surface area contributed by atoms with Crippen molar-refractivity contribution in [2.24, 2.45) is 0 Å². The van der Waals surface area contributed by atoms with Crippen molar-refractivity contribution in [2.45, 2.75) is 13.5 Å². The summed E-state index contributed by atoms with van der Waals surface area (Å²) < 4.78 is 2.01. The van der Waals surface area contributed by atoms with Crippen LogP contribution in [0.3, 0.4) is 0 Å². The molecule has 0 saturated heterocycles. The molecule has 0 aromatic carbocycles. The van der Waals surface area contributed by atoms with Crippen molar-refractivity contribution in [3.05, 3.63) is 23.5 Å². The van der Waals surface area contributed by atoms with Crippen LogP contribution in [-0.2, 0) is 6.54 Å². The minimum absolute atomic E-state index is 0.460. The zero-order valence-electron chi connectivity index (χ0n) is 8.55. The Morgan fingerprint density at radius 3 is 3.20 bits per heavy atom. The van der Waals surface area contributed by atoms with Crippen LogP contribution in [-0.4, -0.2) is 27.4 Å². The Bertz CT molecular complexity index is 450. The summed E-state index contributed by atoms with van der Waals surface area (Å²) in [5, 5.41) is 10.6. The molecule has 0 amide bonds. The highest BCUT2D eigenvalue weighted by Crippen LogP contribution is 2.12. The molecule has 0 radical (unpaired) electrons. The van der Waals surface area contributed by atoms with Gasteiger partial charge in [0.15, 0.2) is 4.96 Å². The molecule has 0 unspecified atom stereocenters. The summed E-state index contributed by atoms with van der Waals surface area (Å²) in [6.45, 7) is 4.13. The Morgan fingerprint density at radius 1 is 1.67 bits per heavy atom. The second-order valence-electron chi connectivity index (χ2n) is 3.29. The Kier molecular flexibility index (Phi) is 2.99. The van der Waals surface area contributed by atoms with E-state index in [4.69, 9.17) is 5.26 Å². The summed E-state index contributed by atoms with van der Waals surface area (Å²) in [7, 11) is 0. The first-order chi connectivity index (χ1) is 7.33. The van der Waals surface area contributed by atoms with Gasteiger partial charge < -0.3 is 0 Å². The van der Waals surface area contributed by atoms with Gasteiger partial charge >= 0.3 is 0 Å². The molecule has 2 aromatic rings. The largest absolute Gasteiger partial charge is 0.297 e. The maximum Gasteiger partial charge on any atom is 0.193 e. The molecule has 2 aromatic heterocycles. The number of fused-ring (bicyclic) bond motifs is 1. The highest BCUT2D eigenvalue weighted by atomic mass is 32.1. The Labute approximate surface area is 92.4 Å². The number of hydrogen-bond donors (Lipinski definition) is 0. The molecule has 2 heterocycles. The van der Waals surface area contributed by atoms with Crippen LogP contribution in [0, 0.1) is 11.3 Å². The highest BCUT2D eigenvalue weighted by Gasteiger charge is 2.07. The fourth-order valence-corrected chi connectivity index (χ4v) is 2.18. The van der Waals surface area contributed by atoms with E-state index in [1.165, 1.54) is 0 Å². The summed E-state index contributed by atoms with van der Waals surface area (Å²) in [5.74, 6) is 0. The van der Waals surface area contributed by atoms with E-state index in [2.05, 4.69) is 22.9 Å². The van der Waals surface area contributed by atoms with E-state index < -0.39 is 0 Å². The summed E-state index contributed by atoms with van der Waals surface area (Å²) >= 11 is 1.62. The quantitative estimate of drug-likeness (QED) is 0.737. The second-order valence-corrected chi connectivity index (χ2v) is 4.16. The number of nitrogens with zero attached hydrogens (tertiary/aromatic N) is 4. The van der Waals surface area contributed by atoms with Gasteiger partial charge in [-0.25, -0.2) is 4.98 Å². The molecule has 0 bridgehead atoms. The third kappa shape index (κ3) is 2.17. The fraction of sp³-hybridized carbons (Fsp3) is 0.400. The number of nitriles is 1. The molecule has 0 aliphatic heterocycles. The molecule has 78 valence electrons. The zero-order chi connectivity index (χ0) is 10.7. The normalized spacial score (nSPS) is 11.0. The molecule has 0 atom stereocenters. The lowest BCUT2D eigenvalue weighted by molar-refractivity contribution is 0.311. The standard InChI is InChI=1S/C10H12N4S/c1-2-13(4-3-11)7-9-8-14-5-6-15-10(14)12-9/h5-6,8H,2,4,7H2,1H3. The van der Waals surface area contributed by atoms with Gasteiger partial charge in [0.2, 0.25) is 0 Å². The van der Waals surface area contributed by atoms with Crippen LogP contribution in [0.15, 0.2) is 17.8 Å². The van der Waals surface area contributed by atoms with Crippen molar-refractivity contribution in [1.29, 1.82) is 5.26 Å². The molecule has 0 spiro atoms. The molecule has 0 fully saturated rings. The average molecular weight is 220 g/mol. The Morgan fingerprint density at radius 2 is 2.53 bits per heavy atom. The first kappa shape index (κ1) is 10.1. The monoisotopic (exact) mass is 220 g/mol. The first-order valence-electron chi connectivity index (χ1n) is 4.84. The Hall–Kier alpha value is -1.38. The van der Waals surface area contributed by atoms with Crippen molar-refractivity contribution in [2.75, 3.05) is 13.1 Å². The predicted octanol–water partition coefficient (Wildman–Crippen LogP) is 1.74. The summed E-state index contributed by atoms with van der Waals surface area (Å²) in [6, 6.07) is 2.16. The minimum Gasteiger partial charge on any atom is -0.297 e. The third-order valence-corrected chi connectivity index (χ3v) is 3.04. The minimum atomic E-state index is 0.460. The third-order valence-electron chi connectivity index (χ3n) is 2.27. The van der Waals surface area contributed by atoms with Crippen LogP contribution in [0.4, 0.5) is 0 Å². The summed E-state index contributed by atoms with van der Waals surface area (Å²) in [4.78, 5) is 7.55. The number of aromatic nitrogens is 2. The number of hydrogen-bond acceptors (Lipinski definition) is 4. The van der Waals surface area contributed by atoms with Gasteiger partial charge in [0, 0.05) is 24.3 Å². The SMILES string of the molecule is CCN(CC#N)Cc1cn2ccsc2n1. The summed E-state index contributed by atoms with van der Waals surface area (Å²) in [5.41, 5.74) is 1.03. The first-order valence-corrected chi connectivity index (χ1v) is 5.72. The Balaban J connectivity index is 2.11. The number of imidazole rings is 1. The molecule has 2 rings (SSSR count). The number of rotatable bonds is 4. The van der Waals surface area contributed by atoms with E-state index in [-0.39, 0.29) is 0 Å². The number of thiazole rings is 1. The van der Waals surface area contributed by atoms with Gasteiger partial charge in [-0.05, 0) is 6.54 Å². The predicted molar refractivity (Wildman–Crippen MR) is 59.6 cm³/mol. The topological polar surface area (TPSA) is 44.3 Å². The zero-order valence-corrected chi connectivity index (χ0v) is 9.37. The summed E-state index contributed by atoms with van der Waals surface area (Å²) in [6.07, 6.45) is 4.02. The van der Waals surface area contributed by atoms with Crippen LogP contribution in [0.2, 0.25) is 0 Å². The molecule has 4 nitrogen and oxygen atoms in total. The van der Waals surface area contributed by atoms with Crippen molar-refractivity contribution in [3.8, 4) is 6.07 Å². The van der Waals surface area contributed by atoms with Crippen molar-refractivity contribution in [1.82, 2.24) is 14.3 Å². The maximum atomic E-state index is 8.63. The van der Waals surface area contributed by atoms with E-state index in [1.54, 1.807) is 11.3 Å². The molecule has 0 aliphatic carbocycles. The van der Waals surface area contributed by atoms with E-state index in [0.717, 1.165) is 23.7 Å². The molecule has 0 N–H and O–H groups in total. The molecule has 0 aliphatic rings. The van der Waals surface area contributed by atoms with Gasteiger partial charge in [-0.3, -0.25) is 9.30 Å². The van der Waals surface area contributed by atoms with Crippen molar-refractivity contribution < 1.29 is 0 Å². The lowest BCUT2D eigenvalue weighted by Gasteiger charge is -2.14. The second kappa shape index (κ2) is 4.43. The van der Waals surface area contributed by atoms with E-state index in [1.807, 2.05) is 22.2 Å². The fourth-order valence-electron chi connectivity index (χ4n) is 1.46. The molecule has 15 heavy (non-hydrogen) atoms. The van der Waals surface area contributed by atoms with E-state index >= 15 is 0 Å². The van der Waals surface area contributed by atoms with Crippen LogP contribution >= 0.6 is 11.3 Å². The van der Waals surface area contributed by atoms with Gasteiger partial charge in [-0.1, -0.05) is 6.92 Å². The lowest BCUT2D eigenvalue weighted by atomic mass is 10.4. The molecule has 0 saturated carbocycles. The highest BCUT2D eigenvalue weighted by molar-refractivity contribution is 7.15. The van der Waals surface area contributed by atoms with Crippen LogP contribution in [0.1, 0.15) is 12.6 Å².